The van der Waals surface area contributed by atoms with Crippen LogP contribution in [-0.4, -0.2) is 24.9 Å². The summed E-state index contributed by atoms with van der Waals surface area (Å²) in [5, 5.41) is 8.11. The maximum absolute atomic E-state index is 13.8. The Bertz CT molecular complexity index is 934. The summed E-state index contributed by atoms with van der Waals surface area (Å²) < 4.78 is 33.7. The number of hydrogen-bond donors (Lipinski definition) is 1. The molecule has 4 rings (SSSR count). The van der Waals surface area contributed by atoms with Crippen molar-refractivity contribution in [3.8, 4) is 17.3 Å². The molecule has 1 aliphatic rings. The smallest absolute Gasteiger partial charge is 0.281 e. The Morgan fingerprint density at radius 3 is 2.77 bits per heavy atom. The minimum atomic E-state index is -2.85. The molecule has 0 bridgehead atoms. The Morgan fingerprint density at radius 1 is 1.31 bits per heavy atom. The van der Waals surface area contributed by atoms with E-state index in [0.29, 0.717) is 5.82 Å². The third kappa shape index (κ3) is 2.77. The Kier molecular flexibility index (Phi) is 4.20. The fourth-order valence-electron chi connectivity index (χ4n) is 3.20. The first kappa shape index (κ1) is 17.0. The van der Waals surface area contributed by atoms with E-state index >= 15 is 0 Å². The van der Waals surface area contributed by atoms with Crippen LogP contribution in [-0.2, 0) is 5.54 Å². The van der Waals surface area contributed by atoms with E-state index in [4.69, 9.17) is 21.9 Å². The lowest BCUT2D eigenvalue weighted by atomic mass is 9.99. The largest absolute Gasteiger partial charge is 0.334 e. The van der Waals surface area contributed by atoms with Gasteiger partial charge in [-0.3, -0.25) is 0 Å². The van der Waals surface area contributed by atoms with Crippen molar-refractivity contribution < 1.29 is 13.3 Å². The molecule has 3 aromatic heterocycles. The molecule has 7 nitrogen and oxygen atoms in total. The molecule has 1 saturated carbocycles. The molecule has 3 heterocycles. The average Bonchev–Trinajstić information content (AvgIpc) is 3.34. The zero-order chi connectivity index (χ0) is 18.3. The second-order valence-corrected chi connectivity index (χ2v) is 6.66. The normalized spacial score (nSPS) is 16.5. The van der Waals surface area contributed by atoms with Crippen LogP contribution in [0.5, 0.6) is 0 Å². The zero-order valence-electron chi connectivity index (χ0n) is 13.6. The van der Waals surface area contributed by atoms with Gasteiger partial charge in [0.2, 0.25) is 0 Å². The van der Waals surface area contributed by atoms with Gasteiger partial charge in [0.25, 0.3) is 12.3 Å². The highest BCUT2D eigenvalue weighted by molar-refractivity contribution is 6.32. The van der Waals surface area contributed by atoms with E-state index in [1.54, 1.807) is 12.1 Å². The van der Waals surface area contributed by atoms with Gasteiger partial charge in [0.1, 0.15) is 5.69 Å². The average molecular weight is 381 g/mol. The zero-order valence-corrected chi connectivity index (χ0v) is 14.3. The topological polar surface area (TPSA) is 95.7 Å². The van der Waals surface area contributed by atoms with Gasteiger partial charge in [-0.25, -0.2) is 18.4 Å². The summed E-state index contributed by atoms with van der Waals surface area (Å²) in [6, 6.07) is 3.15. The van der Waals surface area contributed by atoms with Crippen molar-refractivity contribution in [2.45, 2.75) is 37.6 Å². The van der Waals surface area contributed by atoms with Crippen LogP contribution >= 0.6 is 11.6 Å². The first-order chi connectivity index (χ1) is 12.5. The molecule has 10 heteroatoms. The summed E-state index contributed by atoms with van der Waals surface area (Å²) in [7, 11) is 0. The minimum Gasteiger partial charge on any atom is -0.334 e. The summed E-state index contributed by atoms with van der Waals surface area (Å²) >= 11 is 6.06. The predicted octanol–water partition coefficient (Wildman–Crippen LogP) is 3.64. The number of nitrogens with zero attached hydrogens (tertiary/aromatic N) is 5. The van der Waals surface area contributed by atoms with Gasteiger partial charge in [-0.05, 0) is 25.0 Å². The lowest BCUT2D eigenvalue weighted by Crippen LogP contribution is -2.34. The summed E-state index contributed by atoms with van der Waals surface area (Å²) in [4.78, 5) is 8.29. The van der Waals surface area contributed by atoms with Crippen LogP contribution in [0.4, 0.5) is 8.78 Å². The molecule has 2 N–H and O–H groups in total. The fourth-order valence-corrected chi connectivity index (χ4v) is 3.40. The van der Waals surface area contributed by atoms with Crippen molar-refractivity contribution in [3.63, 3.8) is 0 Å². The van der Waals surface area contributed by atoms with Gasteiger partial charge in [-0.1, -0.05) is 29.6 Å². The molecular weight excluding hydrogens is 366 g/mol. The van der Waals surface area contributed by atoms with E-state index in [2.05, 4.69) is 20.2 Å². The standard InChI is InChI=1S/C16H15ClF2N6O/c17-10-4-3-7-21-13(10)25-11(12(18)19)9(8-22-25)14-23-15(24-26-14)16(20)5-1-2-6-16/h3-4,7-8,12H,1-2,5-6,20H2. The summed E-state index contributed by atoms with van der Waals surface area (Å²) in [6.45, 7) is 0. The number of hydrogen-bond acceptors (Lipinski definition) is 6. The van der Waals surface area contributed by atoms with Crippen LogP contribution in [0.3, 0.4) is 0 Å². The van der Waals surface area contributed by atoms with Gasteiger partial charge in [-0.15, -0.1) is 0 Å². The van der Waals surface area contributed by atoms with Crippen molar-refractivity contribution in [2.75, 3.05) is 0 Å². The molecule has 3 aromatic rings. The van der Waals surface area contributed by atoms with Crippen LogP contribution in [0.15, 0.2) is 29.0 Å². The van der Waals surface area contributed by atoms with Crippen molar-refractivity contribution >= 4 is 11.6 Å². The Balaban J connectivity index is 1.79. The molecule has 0 spiro atoms. The van der Waals surface area contributed by atoms with Crippen LogP contribution in [0.1, 0.15) is 43.6 Å². The van der Waals surface area contributed by atoms with Gasteiger partial charge in [-0.2, -0.15) is 10.1 Å². The predicted molar refractivity (Wildman–Crippen MR) is 89.0 cm³/mol. The monoisotopic (exact) mass is 380 g/mol. The number of rotatable bonds is 4. The molecule has 0 atom stereocenters. The van der Waals surface area contributed by atoms with Crippen LogP contribution < -0.4 is 5.73 Å². The third-order valence-electron chi connectivity index (χ3n) is 4.55. The Labute approximate surface area is 152 Å². The maximum atomic E-state index is 13.8. The number of alkyl halides is 2. The van der Waals surface area contributed by atoms with Crippen LogP contribution in [0.25, 0.3) is 17.3 Å². The third-order valence-corrected chi connectivity index (χ3v) is 4.85. The van der Waals surface area contributed by atoms with E-state index in [-0.39, 0.29) is 22.3 Å². The van der Waals surface area contributed by atoms with Crippen molar-refractivity contribution in [1.29, 1.82) is 0 Å². The van der Waals surface area contributed by atoms with Gasteiger partial charge in [0.05, 0.1) is 22.3 Å². The lowest BCUT2D eigenvalue weighted by Gasteiger charge is -2.17. The van der Waals surface area contributed by atoms with E-state index in [9.17, 15) is 8.78 Å². The maximum Gasteiger partial charge on any atom is 0.281 e. The molecular formula is C16H15ClF2N6O. The molecule has 0 radical (unpaired) electrons. The summed E-state index contributed by atoms with van der Waals surface area (Å²) in [5.41, 5.74) is 5.24. The number of nitrogens with two attached hydrogens (primary N) is 1. The van der Waals surface area contributed by atoms with E-state index in [1.807, 2.05) is 0 Å². The Morgan fingerprint density at radius 2 is 2.08 bits per heavy atom. The molecule has 1 fully saturated rings. The van der Waals surface area contributed by atoms with Crippen LogP contribution in [0.2, 0.25) is 5.02 Å². The molecule has 0 aliphatic heterocycles. The first-order valence-electron chi connectivity index (χ1n) is 8.10. The Hall–Kier alpha value is -2.39. The second kappa shape index (κ2) is 6.40. The lowest BCUT2D eigenvalue weighted by molar-refractivity contribution is 0.143. The molecule has 0 saturated heterocycles. The number of pyridine rings is 1. The quantitative estimate of drug-likeness (QED) is 0.742. The SMILES string of the molecule is NC1(c2noc(-c3cnn(-c4ncccc4Cl)c3C(F)F)n2)CCCC1. The molecule has 0 aromatic carbocycles. The molecule has 136 valence electrons. The van der Waals surface area contributed by atoms with Crippen molar-refractivity contribution in [2.24, 2.45) is 5.73 Å². The highest BCUT2D eigenvalue weighted by atomic mass is 35.5. The molecule has 0 amide bonds. The highest BCUT2D eigenvalue weighted by Crippen LogP contribution is 2.37. The van der Waals surface area contributed by atoms with Gasteiger partial charge < -0.3 is 10.3 Å². The van der Waals surface area contributed by atoms with Gasteiger partial charge in [0.15, 0.2) is 11.6 Å². The van der Waals surface area contributed by atoms with E-state index in [1.165, 1.54) is 12.4 Å². The summed E-state index contributed by atoms with van der Waals surface area (Å²) in [5.74, 6) is 0.376. The van der Waals surface area contributed by atoms with Crippen molar-refractivity contribution in [1.82, 2.24) is 24.9 Å². The van der Waals surface area contributed by atoms with Gasteiger partial charge in [0, 0.05) is 6.20 Å². The second-order valence-electron chi connectivity index (χ2n) is 6.25. The summed E-state index contributed by atoms with van der Waals surface area (Å²) in [6.07, 6.45) is 3.24. The van der Waals surface area contributed by atoms with Crippen LogP contribution in [0, 0.1) is 0 Å². The molecule has 26 heavy (non-hydrogen) atoms. The first-order valence-corrected chi connectivity index (χ1v) is 8.48. The fraction of sp³-hybridized carbons (Fsp3) is 0.375. The van der Waals surface area contributed by atoms with Crippen molar-refractivity contribution in [3.05, 3.63) is 41.1 Å². The molecule has 1 aliphatic carbocycles. The van der Waals surface area contributed by atoms with Gasteiger partial charge >= 0.3 is 0 Å². The minimum absolute atomic E-state index is 0.0297. The van der Waals surface area contributed by atoms with E-state index < -0.39 is 17.7 Å². The number of halogens is 3. The van der Waals surface area contributed by atoms with E-state index in [0.717, 1.165) is 30.4 Å². The molecule has 0 unspecified atom stereocenters. The number of aromatic nitrogens is 5. The highest BCUT2D eigenvalue weighted by Gasteiger charge is 2.37.